The van der Waals surface area contributed by atoms with E-state index < -0.39 is 0 Å². The molecule has 84 valence electrons. The van der Waals surface area contributed by atoms with E-state index in [0.717, 1.165) is 10.0 Å². The van der Waals surface area contributed by atoms with Gasteiger partial charge in [-0.15, -0.1) is 0 Å². The van der Waals surface area contributed by atoms with Crippen LogP contribution in [0.5, 0.6) is 5.75 Å². The van der Waals surface area contributed by atoms with Crippen molar-refractivity contribution in [2.24, 2.45) is 0 Å². The highest BCUT2D eigenvalue weighted by atomic mass is 79.9. The average molecular weight is 288 g/mol. The first-order valence-electron chi connectivity index (χ1n) is 5.16. The Hall–Kier alpha value is -1.79. The van der Waals surface area contributed by atoms with Crippen molar-refractivity contribution in [2.45, 2.75) is 6.61 Å². The topological polar surface area (TPSA) is 33.0 Å². The first-order chi connectivity index (χ1) is 8.29. The normalized spacial score (nSPS) is 9.65. The van der Waals surface area contributed by atoms with Crippen LogP contribution in [0.15, 0.2) is 53.0 Å². The summed E-state index contributed by atoms with van der Waals surface area (Å²) in [4.78, 5) is 0. The van der Waals surface area contributed by atoms with E-state index in [9.17, 15) is 0 Å². The molecule has 0 aromatic heterocycles. The maximum absolute atomic E-state index is 8.99. The van der Waals surface area contributed by atoms with Crippen molar-refractivity contribution in [2.75, 3.05) is 0 Å². The summed E-state index contributed by atoms with van der Waals surface area (Å²) in [6.45, 7) is 0.469. The van der Waals surface area contributed by atoms with Gasteiger partial charge in [-0.1, -0.05) is 46.3 Å². The molecule has 0 atom stereocenters. The van der Waals surface area contributed by atoms with Crippen LogP contribution in [0.25, 0.3) is 0 Å². The lowest BCUT2D eigenvalue weighted by Gasteiger charge is -2.07. The first-order valence-corrected chi connectivity index (χ1v) is 5.95. The van der Waals surface area contributed by atoms with Crippen LogP contribution in [-0.2, 0) is 6.61 Å². The molecule has 2 rings (SSSR count). The van der Waals surface area contributed by atoms with Crippen molar-refractivity contribution in [3.63, 3.8) is 0 Å². The lowest BCUT2D eigenvalue weighted by atomic mass is 10.2. The highest BCUT2D eigenvalue weighted by Gasteiger charge is 2.03. The molecule has 17 heavy (non-hydrogen) atoms. The summed E-state index contributed by atoms with van der Waals surface area (Å²) in [5, 5.41) is 8.99. The molecule has 0 spiro atoms. The molecule has 0 unspecified atom stereocenters. The second-order valence-electron chi connectivity index (χ2n) is 3.53. The van der Waals surface area contributed by atoms with Gasteiger partial charge in [0.15, 0.2) is 0 Å². The zero-order valence-electron chi connectivity index (χ0n) is 9.06. The maximum Gasteiger partial charge on any atom is 0.137 e. The standard InChI is InChI=1S/C14H10BrNO/c15-13-6-7-14(12(8-13)9-16)17-10-11-4-2-1-3-5-11/h1-8H,10H2. The molecule has 0 aliphatic carbocycles. The summed E-state index contributed by atoms with van der Waals surface area (Å²) in [5.41, 5.74) is 1.62. The Morgan fingerprint density at radius 1 is 1.12 bits per heavy atom. The fraction of sp³-hybridized carbons (Fsp3) is 0.0714. The Labute approximate surface area is 109 Å². The van der Waals surface area contributed by atoms with Crippen molar-refractivity contribution in [3.8, 4) is 11.8 Å². The minimum atomic E-state index is 0.469. The summed E-state index contributed by atoms with van der Waals surface area (Å²) < 4.78 is 6.50. The van der Waals surface area contributed by atoms with Crippen LogP contribution in [0.1, 0.15) is 11.1 Å². The SMILES string of the molecule is N#Cc1cc(Br)ccc1OCc1ccccc1. The van der Waals surface area contributed by atoms with Crippen molar-refractivity contribution in [1.29, 1.82) is 5.26 Å². The van der Waals surface area contributed by atoms with E-state index in [2.05, 4.69) is 22.0 Å². The van der Waals surface area contributed by atoms with Crippen molar-refractivity contribution in [1.82, 2.24) is 0 Å². The molecule has 2 aromatic rings. The highest BCUT2D eigenvalue weighted by Crippen LogP contribution is 2.23. The van der Waals surface area contributed by atoms with Crippen LogP contribution < -0.4 is 4.74 Å². The van der Waals surface area contributed by atoms with Crippen molar-refractivity contribution < 1.29 is 4.74 Å². The van der Waals surface area contributed by atoms with E-state index in [1.165, 1.54) is 0 Å². The highest BCUT2D eigenvalue weighted by molar-refractivity contribution is 9.10. The van der Waals surface area contributed by atoms with Gasteiger partial charge >= 0.3 is 0 Å². The second kappa shape index (κ2) is 5.51. The third kappa shape index (κ3) is 3.08. The quantitative estimate of drug-likeness (QED) is 0.858. The van der Waals surface area contributed by atoms with E-state index in [1.54, 1.807) is 12.1 Å². The Balaban J connectivity index is 2.12. The number of rotatable bonds is 3. The third-order valence-electron chi connectivity index (χ3n) is 2.30. The molecular weight excluding hydrogens is 278 g/mol. The van der Waals surface area contributed by atoms with Gasteiger partial charge in [-0.25, -0.2) is 0 Å². The number of hydrogen-bond acceptors (Lipinski definition) is 2. The van der Waals surface area contributed by atoms with Gasteiger partial charge in [-0.2, -0.15) is 5.26 Å². The van der Waals surface area contributed by atoms with Crippen LogP contribution in [-0.4, -0.2) is 0 Å². The van der Waals surface area contributed by atoms with Gasteiger partial charge in [-0.3, -0.25) is 0 Å². The van der Waals surface area contributed by atoms with E-state index in [0.29, 0.717) is 17.9 Å². The van der Waals surface area contributed by atoms with Gasteiger partial charge in [0, 0.05) is 4.47 Å². The predicted molar refractivity (Wildman–Crippen MR) is 69.6 cm³/mol. The summed E-state index contributed by atoms with van der Waals surface area (Å²) >= 11 is 3.33. The number of nitriles is 1. The second-order valence-corrected chi connectivity index (χ2v) is 4.44. The van der Waals surface area contributed by atoms with Crippen LogP contribution in [0, 0.1) is 11.3 Å². The molecule has 0 bridgehead atoms. The van der Waals surface area contributed by atoms with Crippen LogP contribution in [0.4, 0.5) is 0 Å². The average Bonchev–Trinajstić information content (AvgIpc) is 2.38. The molecule has 0 fully saturated rings. The van der Waals surface area contributed by atoms with Crippen LogP contribution >= 0.6 is 15.9 Å². The zero-order valence-corrected chi connectivity index (χ0v) is 10.6. The molecule has 3 heteroatoms. The minimum Gasteiger partial charge on any atom is -0.488 e. The predicted octanol–water partition coefficient (Wildman–Crippen LogP) is 3.90. The summed E-state index contributed by atoms with van der Waals surface area (Å²) in [5.74, 6) is 0.611. The van der Waals surface area contributed by atoms with E-state index >= 15 is 0 Å². The monoisotopic (exact) mass is 287 g/mol. The Morgan fingerprint density at radius 3 is 2.59 bits per heavy atom. The van der Waals surface area contributed by atoms with Gasteiger partial charge in [0.1, 0.15) is 18.4 Å². The Kier molecular flexibility index (Phi) is 3.79. The smallest absolute Gasteiger partial charge is 0.137 e. The van der Waals surface area contributed by atoms with Gasteiger partial charge < -0.3 is 4.74 Å². The lowest BCUT2D eigenvalue weighted by molar-refractivity contribution is 0.305. The molecule has 0 heterocycles. The number of halogens is 1. The van der Waals surface area contributed by atoms with Crippen molar-refractivity contribution in [3.05, 3.63) is 64.1 Å². The van der Waals surface area contributed by atoms with Gasteiger partial charge in [0.2, 0.25) is 0 Å². The van der Waals surface area contributed by atoms with Crippen molar-refractivity contribution >= 4 is 15.9 Å². The molecule has 0 aliphatic heterocycles. The zero-order chi connectivity index (χ0) is 12.1. The summed E-state index contributed by atoms with van der Waals surface area (Å²) in [6.07, 6.45) is 0. The minimum absolute atomic E-state index is 0.469. The molecule has 2 aromatic carbocycles. The summed E-state index contributed by atoms with van der Waals surface area (Å²) in [7, 11) is 0. The fourth-order valence-electron chi connectivity index (χ4n) is 1.45. The molecule has 2 nitrogen and oxygen atoms in total. The molecule has 0 saturated heterocycles. The molecular formula is C14H10BrNO. The number of nitrogens with zero attached hydrogens (tertiary/aromatic N) is 1. The van der Waals surface area contributed by atoms with E-state index in [-0.39, 0.29) is 0 Å². The molecule has 0 amide bonds. The number of benzene rings is 2. The number of hydrogen-bond donors (Lipinski definition) is 0. The van der Waals surface area contributed by atoms with Crippen LogP contribution in [0.2, 0.25) is 0 Å². The van der Waals surface area contributed by atoms with Gasteiger partial charge in [0.05, 0.1) is 5.56 Å². The Bertz CT molecular complexity index is 546. The lowest BCUT2D eigenvalue weighted by Crippen LogP contribution is -1.96. The fourth-order valence-corrected chi connectivity index (χ4v) is 1.81. The Morgan fingerprint density at radius 2 is 1.88 bits per heavy atom. The third-order valence-corrected chi connectivity index (χ3v) is 2.79. The maximum atomic E-state index is 8.99. The largest absolute Gasteiger partial charge is 0.488 e. The number of ether oxygens (including phenoxy) is 1. The molecule has 0 radical (unpaired) electrons. The van der Waals surface area contributed by atoms with E-state index in [4.69, 9.17) is 10.00 Å². The summed E-state index contributed by atoms with van der Waals surface area (Å²) in [6, 6.07) is 17.4. The molecule has 0 saturated carbocycles. The first kappa shape index (κ1) is 11.7. The van der Waals surface area contributed by atoms with Crippen LogP contribution in [0.3, 0.4) is 0 Å². The molecule has 0 N–H and O–H groups in total. The molecule has 0 aliphatic rings. The van der Waals surface area contributed by atoms with Gasteiger partial charge in [0.25, 0.3) is 0 Å². The van der Waals surface area contributed by atoms with E-state index in [1.807, 2.05) is 36.4 Å². The van der Waals surface area contributed by atoms with Gasteiger partial charge in [-0.05, 0) is 23.8 Å².